The second kappa shape index (κ2) is 24.7. The quantitative estimate of drug-likeness (QED) is 0.0846. The van der Waals surface area contributed by atoms with Gasteiger partial charge in [0.25, 0.3) is 0 Å². The van der Waals surface area contributed by atoms with Crippen LogP contribution in [-0.4, -0.2) is 41.8 Å². The molecule has 0 aliphatic heterocycles. The molecule has 0 aliphatic rings. The van der Waals surface area contributed by atoms with Gasteiger partial charge in [-0.15, -0.1) is 69.1 Å². The van der Waals surface area contributed by atoms with E-state index in [2.05, 4.69) is 232 Å². The van der Waals surface area contributed by atoms with E-state index < -0.39 is 53.1 Å². The first-order chi connectivity index (χ1) is 30.4. The third-order valence-corrected chi connectivity index (χ3v) is 20.5. The number of hydrogen-bond acceptors (Lipinski definition) is 0. The van der Waals surface area contributed by atoms with Crippen LogP contribution in [0.25, 0.3) is 43.8 Å². The molecule has 0 heterocycles. The SMILES string of the molecule is CC(C)Cc1cc2c(-c3cc([Si](C)(C)C)cc([Si](C)(C)C)c3)c(C(C)C)ccc2[cH-]1.CC(C)Cc1cc2c(-c3cc([Si](C)(C)C)cc([Si](C)(C)C)c3)c(C(C)C)ccc2[cH-]1.C[Si]C.[Cl][Zr+2][Cl]. The van der Waals surface area contributed by atoms with Gasteiger partial charge >= 0.3 is 37.9 Å². The summed E-state index contributed by atoms with van der Waals surface area (Å²) in [5.41, 5.74) is 11.8. The van der Waals surface area contributed by atoms with Gasteiger partial charge in [-0.25, -0.2) is 0 Å². The van der Waals surface area contributed by atoms with E-state index in [0.29, 0.717) is 23.7 Å². The van der Waals surface area contributed by atoms with Crippen molar-refractivity contribution in [1.82, 2.24) is 0 Å². The van der Waals surface area contributed by atoms with Crippen LogP contribution in [0.3, 0.4) is 0 Å². The van der Waals surface area contributed by atoms with E-state index in [0.717, 1.165) is 22.4 Å². The third-order valence-electron chi connectivity index (χ3n) is 12.4. The molecule has 358 valence electrons. The molecule has 6 rings (SSSR count). The van der Waals surface area contributed by atoms with Gasteiger partial charge in [0.1, 0.15) is 0 Å². The molecule has 0 fully saturated rings. The van der Waals surface area contributed by atoms with Crippen molar-refractivity contribution in [3.8, 4) is 22.3 Å². The Morgan fingerprint density at radius 1 is 0.455 bits per heavy atom. The Balaban J connectivity index is 0.000000313. The first kappa shape index (κ1) is 59.0. The van der Waals surface area contributed by atoms with Crippen LogP contribution in [0.2, 0.25) is 91.7 Å². The average Bonchev–Trinajstić information content (AvgIpc) is 3.78. The van der Waals surface area contributed by atoms with Gasteiger partial charge in [-0.1, -0.05) is 226 Å². The van der Waals surface area contributed by atoms with Crippen molar-refractivity contribution in [2.75, 3.05) is 0 Å². The molecule has 8 heteroatoms. The zero-order valence-electron chi connectivity index (χ0n) is 45.6. The number of halogens is 2. The molecule has 0 aromatic heterocycles. The van der Waals surface area contributed by atoms with Crippen LogP contribution in [0.5, 0.6) is 0 Å². The molecule has 0 N–H and O–H groups in total. The minimum atomic E-state index is -1.41. The third kappa shape index (κ3) is 16.4. The van der Waals surface area contributed by atoms with Crippen molar-refractivity contribution in [1.29, 1.82) is 0 Å². The minimum absolute atomic E-state index is 0.513. The summed E-state index contributed by atoms with van der Waals surface area (Å²) in [6, 6.07) is 34.5. The number of benzene rings is 4. The van der Waals surface area contributed by atoms with Crippen molar-refractivity contribution < 1.29 is 20.8 Å². The molecule has 0 amide bonds. The topological polar surface area (TPSA) is 0 Å². The Morgan fingerprint density at radius 3 is 0.924 bits per heavy atom. The van der Waals surface area contributed by atoms with Gasteiger partial charge in [0.15, 0.2) is 0 Å². The molecule has 2 radical (unpaired) electrons. The molecule has 6 aromatic rings. The molecule has 0 saturated carbocycles. The first-order valence-electron chi connectivity index (χ1n) is 24.7. The van der Waals surface area contributed by atoms with Gasteiger partial charge in [0.2, 0.25) is 0 Å². The van der Waals surface area contributed by atoms with E-state index in [-0.39, 0.29) is 0 Å². The summed E-state index contributed by atoms with van der Waals surface area (Å²) in [5.74, 6) is 2.39. The summed E-state index contributed by atoms with van der Waals surface area (Å²) in [6.45, 7) is 52.7. The molecular formula is C58H88Cl2Si5Zr. The Labute approximate surface area is 431 Å². The summed E-state index contributed by atoms with van der Waals surface area (Å²) in [7, 11) is 5.29. The Morgan fingerprint density at radius 2 is 0.712 bits per heavy atom. The van der Waals surface area contributed by atoms with Gasteiger partial charge in [-0.05, 0) is 47.6 Å². The van der Waals surface area contributed by atoms with E-state index in [1.165, 1.54) is 66.1 Å². The summed E-state index contributed by atoms with van der Waals surface area (Å²) in [4.78, 5) is 0. The Hall–Kier alpha value is -1.35. The van der Waals surface area contributed by atoms with Gasteiger partial charge in [-0.2, -0.15) is 12.1 Å². The average molecular weight is 1090 g/mol. The van der Waals surface area contributed by atoms with Gasteiger partial charge < -0.3 is 0 Å². The first-order valence-corrected chi connectivity index (χ1v) is 47.0. The van der Waals surface area contributed by atoms with Crippen molar-refractivity contribution in [2.45, 2.75) is 172 Å². The van der Waals surface area contributed by atoms with Crippen molar-refractivity contribution >= 4 is 101 Å². The molecule has 0 spiro atoms. The monoisotopic (exact) mass is 1080 g/mol. The van der Waals surface area contributed by atoms with Gasteiger partial charge in [0.05, 0.1) is 32.3 Å². The summed E-state index contributed by atoms with van der Waals surface area (Å²) in [5, 5.41) is 12.1. The molecule has 66 heavy (non-hydrogen) atoms. The molecule has 6 aromatic carbocycles. The summed E-state index contributed by atoms with van der Waals surface area (Å²) >= 11 is -0.826. The van der Waals surface area contributed by atoms with Crippen LogP contribution in [0.4, 0.5) is 0 Å². The second-order valence-electron chi connectivity index (χ2n) is 24.5. The van der Waals surface area contributed by atoms with Crippen molar-refractivity contribution in [3.05, 3.63) is 107 Å². The van der Waals surface area contributed by atoms with Crippen LogP contribution >= 0.6 is 17.0 Å². The molecule has 0 nitrogen and oxygen atoms in total. The summed E-state index contributed by atoms with van der Waals surface area (Å²) < 4.78 is 0. The van der Waals surface area contributed by atoms with Crippen LogP contribution in [0, 0.1) is 11.8 Å². The van der Waals surface area contributed by atoms with Gasteiger partial charge in [-0.3, -0.25) is 0 Å². The van der Waals surface area contributed by atoms with E-state index in [1.807, 2.05) is 0 Å². The molecule has 0 unspecified atom stereocenters. The van der Waals surface area contributed by atoms with E-state index in [1.54, 1.807) is 20.7 Å². The predicted molar refractivity (Wildman–Crippen MR) is 316 cm³/mol. The Bertz CT molecular complexity index is 2240. The van der Waals surface area contributed by atoms with Crippen molar-refractivity contribution in [2.24, 2.45) is 11.8 Å². The van der Waals surface area contributed by atoms with Crippen LogP contribution in [0.1, 0.15) is 89.5 Å². The zero-order chi connectivity index (χ0) is 50.3. The fourth-order valence-electron chi connectivity index (χ4n) is 8.78. The number of hydrogen-bond donors (Lipinski definition) is 0. The number of rotatable bonds is 12. The summed E-state index contributed by atoms with van der Waals surface area (Å²) in [6.07, 6.45) is 2.31. The zero-order valence-corrected chi connectivity index (χ0v) is 54.5. The number of fused-ring (bicyclic) bond motifs is 2. The molecule has 0 bridgehead atoms. The molecule has 0 aliphatic carbocycles. The van der Waals surface area contributed by atoms with E-state index in [9.17, 15) is 0 Å². The van der Waals surface area contributed by atoms with Crippen molar-refractivity contribution in [3.63, 3.8) is 0 Å². The normalized spacial score (nSPS) is 12.3. The van der Waals surface area contributed by atoms with E-state index in [4.69, 9.17) is 17.0 Å². The fourth-order valence-corrected chi connectivity index (χ4v) is 13.8. The molecule has 0 atom stereocenters. The second-order valence-corrected chi connectivity index (χ2v) is 49.5. The van der Waals surface area contributed by atoms with E-state index >= 15 is 0 Å². The van der Waals surface area contributed by atoms with Crippen LogP contribution in [0.15, 0.2) is 84.9 Å². The van der Waals surface area contributed by atoms with Crippen LogP contribution in [-0.2, 0) is 33.7 Å². The maximum atomic E-state index is 4.93. The Kier molecular flexibility index (Phi) is 22.0. The van der Waals surface area contributed by atoms with Crippen LogP contribution < -0.4 is 20.7 Å². The predicted octanol–water partition coefficient (Wildman–Crippen LogP) is 17.4. The fraction of sp³-hybridized carbons (Fsp3) is 0.483. The standard InChI is InChI=1S/2C28H41Si2.C2H6Si.2ClH.Zr/c2*1-19(2)13-21-14-22-11-12-26(20(3)4)28(27(22)15-21)23-16-24(29(5,6)7)18-25(17-23)30(8,9)10;1-3-2;;;/h2*11-12,14-20H,13H2,1-10H3;1-2H3;2*1H;/q2*-1;;;;+4/p-2. The maximum absolute atomic E-state index is 4.93. The van der Waals surface area contributed by atoms with Gasteiger partial charge in [0, 0.05) is 9.52 Å². The molecular weight excluding hydrogens is 999 g/mol. The molecule has 0 saturated heterocycles.